The van der Waals surface area contributed by atoms with Crippen LogP contribution in [0.3, 0.4) is 0 Å². The Bertz CT molecular complexity index is 295. The molecule has 18 heavy (non-hydrogen) atoms. The molecule has 1 atom stereocenters. The maximum absolute atomic E-state index is 11.7. The van der Waals surface area contributed by atoms with E-state index >= 15 is 0 Å². The van der Waals surface area contributed by atoms with Gasteiger partial charge in [-0.25, -0.2) is 9.13 Å². The highest BCUT2D eigenvalue weighted by Crippen LogP contribution is 2.63. The summed E-state index contributed by atoms with van der Waals surface area (Å²) in [4.78, 5) is 9.12. The van der Waals surface area contributed by atoms with Crippen molar-refractivity contribution < 1.29 is 47.2 Å². The minimum Gasteiger partial charge on any atom is -0.394 e. The molecule has 0 heterocycles. The first-order valence-electron chi connectivity index (χ1n) is 4.79. The summed E-state index contributed by atoms with van der Waals surface area (Å²) in [5.41, 5.74) is 0. The van der Waals surface area contributed by atoms with Gasteiger partial charge in [0.05, 0.1) is 39.6 Å². The first kappa shape index (κ1) is 18.1. The highest BCUT2D eigenvalue weighted by molar-refractivity contribution is 7.61. The summed E-state index contributed by atoms with van der Waals surface area (Å²) in [5.74, 6) is 0. The van der Waals surface area contributed by atoms with E-state index in [4.69, 9.17) is 20.2 Å². The predicted octanol–water partition coefficient (Wildman–Crippen LogP) is -0.762. The maximum atomic E-state index is 11.7. The number of hydrogen-bond donors (Lipinski definition) is 4. The zero-order valence-electron chi connectivity index (χ0n) is 9.38. The topological polar surface area (TPSA) is 152 Å². The van der Waals surface area contributed by atoms with Gasteiger partial charge in [-0.05, 0) is 0 Å². The van der Waals surface area contributed by atoms with Gasteiger partial charge in [-0.1, -0.05) is 0 Å². The van der Waals surface area contributed by atoms with E-state index in [1.165, 1.54) is 0 Å². The van der Waals surface area contributed by atoms with E-state index in [2.05, 4.69) is 17.9 Å². The summed E-state index contributed by atoms with van der Waals surface area (Å²) < 4.78 is 40.4. The lowest BCUT2D eigenvalue weighted by molar-refractivity contribution is 0.0923. The van der Waals surface area contributed by atoms with Crippen molar-refractivity contribution in [2.45, 2.75) is 0 Å². The number of aliphatic hydroxyl groups is 3. The number of rotatable bonds is 11. The average molecular weight is 310 g/mol. The van der Waals surface area contributed by atoms with Crippen LogP contribution in [0.15, 0.2) is 0 Å². The smallest absolute Gasteiger partial charge is 0.394 e. The van der Waals surface area contributed by atoms with Gasteiger partial charge < -0.3 is 20.2 Å². The highest BCUT2D eigenvalue weighted by atomic mass is 31.3. The molecule has 0 rings (SSSR count). The van der Waals surface area contributed by atoms with Crippen LogP contribution in [-0.4, -0.2) is 59.9 Å². The van der Waals surface area contributed by atoms with Crippen molar-refractivity contribution in [1.82, 2.24) is 0 Å². The standard InChI is InChI=1S/C6H16O10P2/c7-1-4-13-17(10,11)16-18(12,14-5-2-8)15-6-3-9/h7-9H,1-6H2,(H,10,11). The van der Waals surface area contributed by atoms with Crippen molar-refractivity contribution in [2.75, 3.05) is 39.6 Å². The minimum atomic E-state index is -4.75. The van der Waals surface area contributed by atoms with Gasteiger partial charge in [0.2, 0.25) is 0 Å². The van der Waals surface area contributed by atoms with Crippen molar-refractivity contribution in [3.63, 3.8) is 0 Å². The highest BCUT2D eigenvalue weighted by Gasteiger charge is 2.38. The zero-order valence-corrected chi connectivity index (χ0v) is 11.2. The summed E-state index contributed by atoms with van der Waals surface area (Å²) in [6.45, 7) is -3.06. The molecular weight excluding hydrogens is 294 g/mol. The number of aliphatic hydroxyl groups excluding tert-OH is 3. The van der Waals surface area contributed by atoms with Gasteiger partial charge in [-0.3, -0.25) is 13.6 Å². The van der Waals surface area contributed by atoms with E-state index in [1.54, 1.807) is 0 Å². The van der Waals surface area contributed by atoms with Crippen LogP contribution in [0, 0.1) is 0 Å². The molecule has 0 aromatic carbocycles. The third-order valence-electron chi connectivity index (χ3n) is 1.23. The van der Waals surface area contributed by atoms with Crippen LogP contribution in [0.1, 0.15) is 0 Å². The molecule has 0 aromatic rings. The quantitative estimate of drug-likeness (QED) is 0.358. The van der Waals surface area contributed by atoms with Gasteiger partial charge in [0.15, 0.2) is 0 Å². The summed E-state index contributed by atoms with van der Waals surface area (Å²) in [5, 5.41) is 25.4. The number of phosphoric acid groups is 2. The Morgan fingerprint density at radius 2 is 1.17 bits per heavy atom. The van der Waals surface area contributed by atoms with Gasteiger partial charge in [-0.15, -0.1) is 0 Å². The second-order valence-electron chi connectivity index (χ2n) is 2.67. The van der Waals surface area contributed by atoms with Gasteiger partial charge >= 0.3 is 15.6 Å². The molecule has 0 bridgehead atoms. The van der Waals surface area contributed by atoms with Crippen molar-refractivity contribution >= 4 is 15.6 Å². The average Bonchev–Trinajstić information content (AvgIpc) is 2.31. The van der Waals surface area contributed by atoms with Crippen molar-refractivity contribution in [2.24, 2.45) is 0 Å². The first-order valence-corrected chi connectivity index (χ1v) is 7.75. The predicted molar refractivity (Wildman–Crippen MR) is 57.6 cm³/mol. The fourth-order valence-corrected chi connectivity index (χ4v) is 3.27. The van der Waals surface area contributed by atoms with E-state index in [9.17, 15) is 9.13 Å². The molecule has 0 fully saturated rings. The van der Waals surface area contributed by atoms with Crippen LogP contribution < -0.4 is 0 Å². The van der Waals surface area contributed by atoms with E-state index in [0.29, 0.717) is 0 Å². The lowest BCUT2D eigenvalue weighted by Gasteiger charge is -2.19. The number of hydrogen-bond acceptors (Lipinski definition) is 9. The summed E-state index contributed by atoms with van der Waals surface area (Å²) in [7, 11) is -9.20. The summed E-state index contributed by atoms with van der Waals surface area (Å²) >= 11 is 0. The maximum Gasteiger partial charge on any atom is 0.483 e. The molecule has 12 heteroatoms. The zero-order chi connectivity index (χ0) is 14.1. The van der Waals surface area contributed by atoms with Gasteiger partial charge in [0.1, 0.15) is 0 Å². The van der Waals surface area contributed by atoms with Crippen LogP contribution in [0.5, 0.6) is 0 Å². The van der Waals surface area contributed by atoms with E-state index in [0.717, 1.165) is 0 Å². The molecule has 110 valence electrons. The SMILES string of the molecule is O=P(O)(OCCO)OP(=O)(OCCO)OCCO. The van der Waals surface area contributed by atoms with Crippen LogP contribution in [0.2, 0.25) is 0 Å². The fraction of sp³-hybridized carbons (Fsp3) is 1.00. The largest absolute Gasteiger partial charge is 0.483 e. The van der Waals surface area contributed by atoms with Gasteiger partial charge in [0, 0.05) is 0 Å². The molecule has 0 aliphatic heterocycles. The Balaban J connectivity index is 4.55. The molecule has 0 aliphatic rings. The lowest BCUT2D eigenvalue weighted by Crippen LogP contribution is -2.07. The molecule has 0 saturated heterocycles. The van der Waals surface area contributed by atoms with Crippen LogP contribution in [0.4, 0.5) is 0 Å². The Kier molecular flexibility index (Phi) is 9.18. The fourth-order valence-electron chi connectivity index (χ4n) is 0.696. The molecule has 4 N–H and O–H groups in total. The molecule has 0 aliphatic carbocycles. The van der Waals surface area contributed by atoms with Crippen LogP contribution >= 0.6 is 15.6 Å². The molecule has 0 amide bonds. The molecule has 10 nitrogen and oxygen atoms in total. The lowest BCUT2D eigenvalue weighted by atomic mass is 10.8. The van der Waals surface area contributed by atoms with Gasteiger partial charge in [-0.2, -0.15) is 4.31 Å². The monoisotopic (exact) mass is 310 g/mol. The summed E-state index contributed by atoms with van der Waals surface area (Å²) in [6, 6.07) is 0. The van der Waals surface area contributed by atoms with Gasteiger partial charge in [0.25, 0.3) is 0 Å². The van der Waals surface area contributed by atoms with Crippen molar-refractivity contribution in [3.8, 4) is 0 Å². The van der Waals surface area contributed by atoms with E-state index in [-0.39, 0.29) is 0 Å². The Hall–Kier alpha value is 0.140. The third-order valence-corrected chi connectivity index (χ3v) is 4.36. The molecule has 0 saturated carbocycles. The molecule has 1 unspecified atom stereocenters. The molecule has 0 radical (unpaired) electrons. The second-order valence-corrected chi connectivity index (χ2v) is 5.93. The molecule has 0 spiro atoms. The van der Waals surface area contributed by atoms with E-state index in [1.807, 2.05) is 0 Å². The Morgan fingerprint density at radius 3 is 1.56 bits per heavy atom. The normalized spacial score (nSPS) is 15.6. The van der Waals surface area contributed by atoms with Crippen LogP contribution in [0.25, 0.3) is 0 Å². The van der Waals surface area contributed by atoms with E-state index < -0.39 is 55.3 Å². The Labute approximate surface area is 103 Å². The first-order chi connectivity index (χ1) is 8.39. The summed E-state index contributed by atoms with van der Waals surface area (Å²) in [6.07, 6.45) is 0. The minimum absolute atomic E-state index is 0.470. The molecular formula is C6H16O10P2. The third kappa shape index (κ3) is 8.28. The van der Waals surface area contributed by atoms with Crippen LogP contribution in [-0.2, 0) is 27.0 Å². The number of phosphoric ester groups is 2. The Morgan fingerprint density at radius 1 is 0.778 bits per heavy atom. The second kappa shape index (κ2) is 9.11. The molecule has 0 aromatic heterocycles. The van der Waals surface area contributed by atoms with Crippen molar-refractivity contribution in [3.05, 3.63) is 0 Å². The van der Waals surface area contributed by atoms with Crippen molar-refractivity contribution in [1.29, 1.82) is 0 Å².